The van der Waals surface area contributed by atoms with E-state index >= 15 is 0 Å². The largest absolute Gasteiger partial charge is 0.384 e. The van der Waals surface area contributed by atoms with Gasteiger partial charge >= 0.3 is 0 Å². The van der Waals surface area contributed by atoms with E-state index in [0.29, 0.717) is 17.3 Å². The van der Waals surface area contributed by atoms with E-state index in [-0.39, 0.29) is 13.3 Å². The predicted octanol–water partition coefficient (Wildman–Crippen LogP) is 5.20. The number of benzene rings is 1. The number of nitrogens with one attached hydrogen (secondary N) is 4. The van der Waals surface area contributed by atoms with Gasteiger partial charge in [0.15, 0.2) is 6.23 Å². The molecule has 194 valence electrons. The maximum atomic E-state index is 12.0. The van der Waals surface area contributed by atoms with Gasteiger partial charge in [-0.15, -0.1) is 0 Å². The highest BCUT2D eigenvalue weighted by Crippen LogP contribution is 2.33. The molecule has 0 spiro atoms. The molecule has 1 aliphatic heterocycles. The number of fused-ring (bicyclic) bond motifs is 1. The molecule has 1 amide bonds. The van der Waals surface area contributed by atoms with Gasteiger partial charge in [-0.25, -0.2) is 0 Å². The fourth-order valence-electron chi connectivity index (χ4n) is 3.77. The van der Waals surface area contributed by atoms with Gasteiger partial charge in [-0.1, -0.05) is 51.6 Å². The average molecular weight is 493 g/mol. The first kappa shape index (κ1) is 30.1. The minimum atomic E-state index is -0.892. The van der Waals surface area contributed by atoms with Gasteiger partial charge in [-0.3, -0.25) is 9.89 Å². The molecule has 2 atom stereocenters. The van der Waals surface area contributed by atoms with E-state index < -0.39 is 6.23 Å². The molecule has 2 aliphatic rings. The first-order valence-electron chi connectivity index (χ1n) is 11.8. The van der Waals surface area contributed by atoms with Gasteiger partial charge in [0.1, 0.15) is 5.82 Å². The summed E-state index contributed by atoms with van der Waals surface area (Å²) in [6.07, 6.45) is 13.4. The summed E-state index contributed by atoms with van der Waals surface area (Å²) in [5.74, 6) is 0.863. The zero-order chi connectivity index (χ0) is 25.8. The number of carbonyl (C=O) groups is 1. The van der Waals surface area contributed by atoms with E-state index in [9.17, 15) is 9.90 Å². The van der Waals surface area contributed by atoms with Gasteiger partial charge in [-0.2, -0.15) is 5.10 Å². The van der Waals surface area contributed by atoms with Crippen LogP contribution in [0.3, 0.4) is 0 Å². The third-order valence-electron chi connectivity index (χ3n) is 5.45. The monoisotopic (exact) mass is 492 g/mol. The van der Waals surface area contributed by atoms with Crippen LogP contribution < -0.4 is 16.4 Å². The molecule has 1 aromatic carbocycles. The lowest BCUT2D eigenvalue weighted by molar-refractivity contribution is -0.110. The number of nitrogens with two attached hydrogens (primary N) is 1. The fraction of sp³-hybridized carbons (Fsp3) is 0.321. The minimum Gasteiger partial charge on any atom is -0.384 e. The zero-order valence-corrected chi connectivity index (χ0v) is 20.8. The normalized spacial score (nSPS) is 17.8. The molecule has 7 N–H and O–H groups in total. The summed E-state index contributed by atoms with van der Waals surface area (Å²) in [7, 11) is 0. The number of aromatic nitrogens is 2. The molecular weight excluding hydrogens is 452 g/mol. The van der Waals surface area contributed by atoms with Crippen molar-refractivity contribution < 1.29 is 9.90 Å². The number of hydrogen-bond acceptors (Lipinski definition) is 6. The Balaban J connectivity index is 0.000000621. The van der Waals surface area contributed by atoms with Gasteiger partial charge < -0.3 is 26.9 Å². The lowest BCUT2D eigenvalue weighted by Gasteiger charge is -2.21. The van der Waals surface area contributed by atoms with Crippen LogP contribution in [0.1, 0.15) is 52.7 Å². The summed E-state index contributed by atoms with van der Waals surface area (Å²) in [4.78, 5) is 12.0. The lowest BCUT2D eigenvalue weighted by atomic mass is 9.90. The Labute approximate surface area is 214 Å². The second-order valence-electron chi connectivity index (χ2n) is 7.75. The van der Waals surface area contributed by atoms with E-state index in [2.05, 4.69) is 45.1 Å². The molecule has 1 aliphatic carbocycles. The molecule has 2 aromatic rings. The van der Waals surface area contributed by atoms with Crippen LogP contribution in [0.4, 0.5) is 11.5 Å². The number of allylic oxidation sites excluding steroid dienone is 5. The third kappa shape index (κ3) is 8.09. The summed E-state index contributed by atoms with van der Waals surface area (Å²) in [5, 5.41) is 29.5. The van der Waals surface area contributed by atoms with Crippen molar-refractivity contribution >= 4 is 29.2 Å². The number of hydrogen-bond donors (Lipinski definition) is 6. The first-order valence-corrected chi connectivity index (χ1v) is 11.8. The van der Waals surface area contributed by atoms with E-state index in [1.54, 1.807) is 25.3 Å². The van der Waals surface area contributed by atoms with E-state index in [1.807, 2.05) is 39.0 Å². The highest BCUT2D eigenvalue weighted by molar-refractivity contribution is 6.31. The molecule has 0 radical (unpaired) electrons. The van der Waals surface area contributed by atoms with Crippen molar-refractivity contribution in [1.82, 2.24) is 15.5 Å². The van der Waals surface area contributed by atoms with Crippen LogP contribution in [-0.4, -0.2) is 33.7 Å². The summed E-state index contributed by atoms with van der Waals surface area (Å²) < 4.78 is 0. The van der Waals surface area contributed by atoms with Gasteiger partial charge in [0, 0.05) is 34.3 Å². The van der Waals surface area contributed by atoms with Crippen molar-refractivity contribution in [3.63, 3.8) is 0 Å². The highest BCUT2D eigenvalue weighted by Gasteiger charge is 2.24. The highest BCUT2D eigenvalue weighted by atomic mass is 16.3. The molecule has 1 aromatic heterocycles. The Morgan fingerprint density at radius 2 is 2.08 bits per heavy atom. The van der Waals surface area contributed by atoms with E-state index in [0.717, 1.165) is 41.6 Å². The Morgan fingerprint density at radius 1 is 1.33 bits per heavy atom. The van der Waals surface area contributed by atoms with Gasteiger partial charge in [-0.05, 0) is 62.4 Å². The maximum Gasteiger partial charge on any atom is 0.256 e. The standard InChI is InChI=1S/C22H25N3O2.C3H5N3.C2H6.CH4/c1-3-16(13-23)21(26)24-17-7-5-6-14(11-17)10-15-8-9-20-19(12-15)18(4-2)22(27)25-20;4-3-1-2-5-6-3;1-2;/h3-5,7-9,11-14,21,23-24,26H,6,10H2,1-2H3,(H,25,27);1-2H,(H3,4,5,6);1-2H3;1H4/b16-3+,18-4-,23-13?;;;. The van der Waals surface area contributed by atoms with Crippen LogP contribution >= 0.6 is 0 Å². The number of nitrogen functional groups attached to an aromatic ring is 1. The zero-order valence-electron chi connectivity index (χ0n) is 20.8. The molecule has 36 heavy (non-hydrogen) atoms. The number of rotatable bonds is 6. The van der Waals surface area contributed by atoms with Crippen LogP contribution in [0.2, 0.25) is 0 Å². The fourth-order valence-corrected chi connectivity index (χ4v) is 3.77. The molecule has 0 bridgehead atoms. The number of amides is 1. The minimum absolute atomic E-state index is 0. The molecule has 8 heteroatoms. The van der Waals surface area contributed by atoms with Crippen LogP contribution in [0, 0.1) is 11.3 Å². The van der Waals surface area contributed by atoms with Crippen molar-refractivity contribution in [2.24, 2.45) is 5.92 Å². The molecule has 2 unspecified atom stereocenters. The van der Waals surface area contributed by atoms with Crippen LogP contribution in [0.25, 0.3) is 5.57 Å². The van der Waals surface area contributed by atoms with Gasteiger partial charge in [0.05, 0.1) is 6.20 Å². The van der Waals surface area contributed by atoms with Crippen molar-refractivity contribution in [3.8, 4) is 0 Å². The van der Waals surface area contributed by atoms with Gasteiger partial charge in [0.2, 0.25) is 0 Å². The second-order valence-corrected chi connectivity index (χ2v) is 7.75. The summed E-state index contributed by atoms with van der Waals surface area (Å²) in [6.45, 7) is 7.67. The molecule has 2 heterocycles. The molecule has 4 rings (SSSR count). The smallest absolute Gasteiger partial charge is 0.256 e. The third-order valence-corrected chi connectivity index (χ3v) is 5.45. The lowest BCUT2D eigenvalue weighted by Crippen LogP contribution is -2.31. The molecular formula is C28H40N6O2. The second kappa shape index (κ2) is 15.2. The number of carbonyl (C=O) groups excluding carboxylic acids is 1. The molecule has 8 nitrogen and oxygen atoms in total. The Bertz CT molecular complexity index is 1110. The Kier molecular flexibility index (Phi) is 12.7. The SMILES string of the molecule is C.C/C=C1\C(=O)Nc2ccc(CC3C=C(NC(O)/C(C=N)=C/C)C=CC3)cc21.CC.Nc1ccn[nH]1. The average Bonchev–Trinajstić information content (AvgIpc) is 3.46. The van der Waals surface area contributed by atoms with Crippen LogP contribution in [-0.2, 0) is 11.2 Å². The van der Waals surface area contributed by atoms with E-state index in [4.69, 9.17) is 11.1 Å². The first-order chi connectivity index (χ1) is 16.9. The number of nitrogens with zero attached hydrogens (tertiary/aromatic N) is 1. The summed E-state index contributed by atoms with van der Waals surface area (Å²) in [6, 6.07) is 7.80. The van der Waals surface area contributed by atoms with Gasteiger partial charge in [0.25, 0.3) is 5.91 Å². The van der Waals surface area contributed by atoms with Crippen molar-refractivity contribution in [1.29, 1.82) is 5.41 Å². The molecule has 0 saturated carbocycles. The topological polar surface area (TPSA) is 140 Å². The number of anilines is 2. The number of H-pyrrole nitrogens is 1. The predicted molar refractivity (Wildman–Crippen MR) is 151 cm³/mol. The number of aromatic amines is 1. The summed E-state index contributed by atoms with van der Waals surface area (Å²) >= 11 is 0. The van der Waals surface area contributed by atoms with Crippen LogP contribution in [0.15, 0.2) is 72.1 Å². The maximum absolute atomic E-state index is 12.0. The molecule has 0 fully saturated rings. The van der Waals surface area contributed by atoms with Crippen LogP contribution in [0.5, 0.6) is 0 Å². The van der Waals surface area contributed by atoms with Crippen molar-refractivity contribution in [2.75, 3.05) is 11.1 Å². The van der Waals surface area contributed by atoms with Crippen molar-refractivity contribution in [3.05, 3.63) is 83.2 Å². The Hall–Kier alpha value is -3.91. The number of aliphatic hydroxyl groups is 1. The number of aliphatic hydroxyl groups excluding tert-OH is 1. The van der Waals surface area contributed by atoms with E-state index in [1.165, 1.54) is 5.56 Å². The Morgan fingerprint density at radius 3 is 2.64 bits per heavy atom. The van der Waals surface area contributed by atoms with Crippen molar-refractivity contribution in [2.45, 2.75) is 54.2 Å². The molecule has 0 saturated heterocycles. The quantitative estimate of drug-likeness (QED) is 0.187. The summed E-state index contributed by atoms with van der Waals surface area (Å²) in [5.41, 5.74) is 10.3.